The van der Waals surface area contributed by atoms with E-state index in [1.807, 2.05) is 115 Å². The van der Waals surface area contributed by atoms with Crippen molar-refractivity contribution in [1.82, 2.24) is 9.55 Å². The van der Waals surface area contributed by atoms with Gasteiger partial charge in [-0.3, -0.25) is 18.5 Å². The van der Waals surface area contributed by atoms with Crippen molar-refractivity contribution < 1.29 is 47.2 Å². The monoisotopic (exact) mass is 995 g/mol. The number of methoxy groups -OCH3 is 3. The van der Waals surface area contributed by atoms with Crippen molar-refractivity contribution in [3.63, 3.8) is 0 Å². The van der Waals surface area contributed by atoms with Crippen molar-refractivity contribution in [2.24, 2.45) is 0 Å². The maximum Gasteiger partial charge on any atom is 0.351 e. The van der Waals surface area contributed by atoms with E-state index in [0.29, 0.717) is 34.2 Å². The highest BCUT2D eigenvalue weighted by Crippen LogP contribution is 2.52. The molecule has 8 rings (SSSR count). The first-order valence-corrected chi connectivity index (χ1v) is 27.7. The lowest BCUT2D eigenvalue weighted by Crippen LogP contribution is -2.56. The van der Waals surface area contributed by atoms with Gasteiger partial charge in [-0.05, 0) is 53.1 Å². The van der Waals surface area contributed by atoms with Crippen molar-refractivity contribution >= 4 is 37.6 Å². The van der Waals surface area contributed by atoms with Crippen molar-refractivity contribution in [2.45, 2.75) is 48.8 Å². The number of hydrogen-bond acceptors (Lipinski definition) is 12. The maximum absolute atomic E-state index is 15.7. The third kappa shape index (κ3) is 11.2. The molecule has 1 aliphatic rings. The fourth-order valence-electron chi connectivity index (χ4n) is 9.25. The van der Waals surface area contributed by atoms with Crippen molar-refractivity contribution in [2.75, 3.05) is 46.4 Å². The molecule has 2 heterocycles. The molecule has 0 radical (unpaired) electrons. The lowest BCUT2D eigenvalue weighted by molar-refractivity contribution is -0.127. The van der Waals surface area contributed by atoms with Crippen LogP contribution in [0.4, 0.5) is 5.82 Å². The highest BCUT2D eigenvalue weighted by molar-refractivity contribution is 7.53. The summed E-state index contributed by atoms with van der Waals surface area (Å²) in [7, 11) is -2.75. The topological polar surface area (TPSA) is 180 Å². The molecule has 368 valence electrons. The minimum Gasteiger partial charge on any atom is -0.497 e. The molecule has 1 saturated heterocycles. The molecule has 1 fully saturated rings. The van der Waals surface area contributed by atoms with Crippen molar-refractivity contribution in [1.29, 1.82) is 0 Å². The van der Waals surface area contributed by atoms with Crippen LogP contribution in [0.25, 0.3) is 0 Å². The van der Waals surface area contributed by atoms with Gasteiger partial charge in [-0.2, -0.15) is 4.98 Å². The SMILES string of the molecule is COCCO[C@@H]1[C@H](OP(=O)(O)CC[Si](C)(c2ccccc2)c2ccccc2)[C@@H](C(OC(c2ccccc2)(c2ccc(OC)cc2)c2ccc(OC)cc2)C(=O)c2ccccc2)O[C@H]1n1ccc(N)nc1=O. The van der Waals surface area contributed by atoms with Gasteiger partial charge in [-0.15, -0.1) is 0 Å². The Hall–Kier alpha value is -6.52. The van der Waals surface area contributed by atoms with Crippen LogP contribution in [0.15, 0.2) is 187 Å². The molecule has 0 bridgehead atoms. The number of carbonyl (C=O) groups excluding carboxylic acids is 1. The molecule has 0 aliphatic carbocycles. The molecule has 1 aromatic heterocycles. The number of benzene rings is 6. The van der Waals surface area contributed by atoms with Crippen LogP contribution in [0.3, 0.4) is 0 Å². The first-order chi connectivity index (χ1) is 34.4. The number of anilines is 1. The van der Waals surface area contributed by atoms with E-state index in [4.69, 9.17) is 38.7 Å². The Morgan fingerprint density at radius 3 is 1.75 bits per heavy atom. The third-order valence-corrected chi connectivity index (χ3v) is 19.3. The Morgan fingerprint density at radius 2 is 1.24 bits per heavy atom. The van der Waals surface area contributed by atoms with E-state index in [0.717, 1.165) is 10.4 Å². The zero-order valence-corrected chi connectivity index (χ0v) is 41.9. The van der Waals surface area contributed by atoms with Crippen LogP contribution in [0.1, 0.15) is 33.3 Å². The first-order valence-electron chi connectivity index (χ1n) is 23.2. The van der Waals surface area contributed by atoms with E-state index >= 15 is 9.36 Å². The second-order valence-corrected chi connectivity index (χ2v) is 23.6. The van der Waals surface area contributed by atoms with E-state index in [1.165, 1.54) is 23.9 Å². The standard InChI is InChI=1S/C55H58N3O11PSi/c1-63-35-36-66-52-51(69-70(61,62)37-38-71(4,45-21-13-7-14-22-45)46-23-15-8-16-24-46)50(67-53(52)58-34-33-47(56)57-54(58)60)49(48(59)39-17-9-5-10-18-39)68-55(40-19-11-6-12-20-40,41-25-29-43(64-2)30-26-41)42-27-31-44(65-3)32-28-42/h5-34,49-53H,35-38H2,1-4H3,(H,61,62)(H2,56,57,60)/t49?,50-,51-,52-,53-/m1/s1. The van der Waals surface area contributed by atoms with Gasteiger partial charge in [0.2, 0.25) is 0 Å². The fraction of sp³-hybridized carbons (Fsp3) is 0.255. The minimum atomic E-state index is -4.69. The normalized spacial score (nSPS) is 18.3. The molecule has 0 amide bonds. The lowest BCUT2D eigenvalue weighted by atomic mass is 9.79. The zero-order valence-electron chi connectivity index (χ0n) is 40.0. The van der Waals surface area contributed by atoms with Crippen molar-refractivity contribution in [3.05, 3.63) is 215 Å². The smallest absolute Gasteiger partial charge is 0.351 e. The predicted octanol–water partition coefficient (Wildman–Crippen LogP) is 7.50. The van der Waals surface area contributed by atoms with Crippen LogP contribution in [0.5, 0.6) is 11.5 Å². The summed E-state index contributed by atoms with van der Waals surface area (Å²) >= 11 is 0. The predicted molar refractivity (Wildman–Crippen MR) is 275 cm³/mol. The van der Waals surface area contributed by atoms with Gasteiger partial charge >= 0.3 is 13.3 Å². The number of nitrogen functional groups attached to an aromatic ring is 1. The van der Waals surface area contributed by atoms with Crippen LogP contribution in [-0.2, 0) is 33.6 Å². The molecule has 6 aromatic carbocycles. The number of ether oxygens (including phenoxy) is 6. The number of nitrogens with two attached hydrogens (primary N) is 1. The van der Waals surface area contributed by atoms with Gasteiger partial charge in [0.15, 0.2) is 18.1 Å². The average molecular weight is 996 g/mol. The Bertz CT molecular complexity index is 2850. The van der Waals surface area contributed by atoms with Gasteiger partial charge in [-0.1, -0.05) is 163 Å². The van der Waals surface area contributed by atoms with Crippen LogP contribution >= 0.6 is 7.60 Å². The summed E-state index contributed by atoms with van der Waals surface area (Å²) in [6, 6.07) is 54.2. The summed E-state index contributed by atoms with van der Waals surface area (Å²) < 4.78 is 60.6. The maximum atomic E-state index is 15.7. The van der Waals surface area contributed by atoms with Crippen molar-refractivity contribution in [3.8, 4) is 11.5 Å². The van der Waals surface area contributed by atoms with Crippen LogP contribution < -0.4 is 31.3 Å². The molecule has 3 N–H and O–H groups in total. The van der Waals surface area contributed by atoms with Gasteiger partial charge in [0, 0.05) is 25.0 Å². The fourth-order valence-corrected chi connectivity index (χ4v) is 15.7. The summed E-state index contributed by atoms with van der Waals surface area (Å²) in [5, 5.41) is 2.14. The molecule has 7 aromatic rings. The van der Waals surface area contributed by atoms with E-state index in [9.17, 15) is 9.69 Å². The number of rotatable bonds is 22. The molecule has 0 spiro atoms. The minimum absolute atomic E-state index is 0.0403. The van der Waals surface area contributed by atoms with Gasteiger partial charge in [0.25, 0.3) is 0 Å². The number of nitrogens with zero attached hydrogens (tertiary/aromatic N) is 2. The third-order valence-electron chi connectivity index (χ3n) is 13.0. The van der Waals surface area contributed by atoms with E-state index < -0.39 is 63.4 Å². The van der Waals surface area contributed by atoms with E-state index in [-0.39, 0.29) is 30.8 Å². The van der Waals surface area contributed by atoms with Gasteiger partial charge in [0.05, 0.1) is 27.4 Å². The van der Waals surface area contributed by atoms with E-state index in [2.05, 4.69) is 11.5 Å². The highest BCUT2D eigenvalue weighted by atomic mass is 31.2. The second-order valence-electron chi connectivity index (χ2n) is 17.4. The molecule has 1 aliphatic heterocycles. The highest BCUT2D eigenvalue weighted by Gasteiger charge is 2.57. The first kappa shape index (κ1) is 50.9. The van der Waals surface area contributed by atoms with Crippen LogP contribution in [-0.4, -0.2) is 93.4 Å². The van der Waals surface area contributed by atoms with Crippen LogP contribution in [0.2, 0.25) is 12.6 Å². The Labute approximate surface area is 414 Å². The Morgan fingerprint density at radius 1 is 0.732 bits per heavy atom. The molecule has 71 heavy (non-hydrogen) atoms. The number of Topliss-reactive ketones (excluding diaryl/α,β-unsaturated/α-hetero) is 1. The summed E-state index contributed by atoms with van der Waals surface area (Å²) in [6.45, 7) is 2.20. The van der Waals surface area contributed by atoms with Crippen LogP contribution in [0, 0.1) is 0 Å². The summed E-state index contributed by atoms with van der Waals surface area (Å²) in [5.41, 5.74) is 5.64. The molecule has 14 nitrogen and oxygen atoms in total. The summed E-state index contributed by atoms with van der Waals surface area (Å²) in [5.74, 6) is 0.565. The Balaban J connectivity index is 1.33. The number of carbonyl (C=O) groups is 1. The zero-order chi connectivity index (χ0) is 50.0. The van der Waals surface area contributed by atoms with Gasteiger partial charge < -0.3 is 39.0 Å². The van der Waals surface area contributed by atoms with Gasteiger partial charge in [0.1, 0.15) is 49.3 Å². The quantitative estimate of drug-likeness (QED) is 0.0225. The molecular formula is C55H58N3O11PSi. The largest absolute Gasteiger partial charge is 0.497 e. The van der Waals surface area contributed by atoms with E-state index in [1.54, 1.807) is 68.8 Å². The summed E-state index contributed by atoms with van der Waals surface area (Å²) in [4.78, 5) is 45.9. The van der Waals surface area contributed by atoms with Gasteiger partial charge in [-0.25, -0.2) is 4.79 Å². The summed E-state index contributed by atoms with van der Waals surface area (Å²) in [6.07, 6.45) is -6.34. The molecular weight excluding hydrogens is 938 g/mol. The number of aromatic nitrogens is 2. The average Bonchev–Trinajstić information content (AvgIpc) is 3.75. The molecule has 16 heteroatoms. The molecule has 0 saturated carbocycles. The number of ketones is 1. The number of hydrogen-bond donors (Lipinski definition) is 2. The lowest BCUT2D eigenvalue weighted by Gasteiger charge is -2.41. The molecule has 2 unspecified atom stereocenters. The second kappa shape index (κ2) is 22.7. The Kier molecular flexibility index (Phi) is 16.3. The molecule has 6 atom stereocenters.